The van der Waals surface area contributed by atoms with Crippen molar-refractivity contribution >= 4 is 11.7 Å². The van der Waals surface area contributed by atoms with E-state index in [0.717, 1.165) is 22.5 Å². The second kappa shape index (κ2) is 3.38. The number of anilines is 1. The molecule has 0 bridgehead atoms. The Morgan fingerprint density at radius 3 is 3.16 bits per heavy atom. The highest BCUT2D eigenvalue weighted by atomic mass is 16.2. The smallest absolute Gasteiger partial charge is 0.237 e. The Labute approximate surface area is 110 Å². The van der Waals surface area contributed by atoms with Crippen LogP contribution in [0.5, 0.6) is 0 Å². The first-order valence-electron chi connectivity index (χ1n) is 6.38. The van der Waals surface area contributed by atoms with Gasteiger partial charge in [-0.2, -0.15) is 0 Å². The summed E-state index contributed by atoms with van der Waals surface area (Å²) >= 11 is 0. The Kier molecular flexibility index (Phi) is 1.88. The average molecular weight is 254 g/mol. The van der Waals surface area contributed by atoms with Gasteiger partial charge >= 0.3 is 0 Å². The quantitative estimate of drug-likeness (QED) is 0.638. The van der Waals surface area contributed by atoms with Crippen LogP contribution in [0.3, 0.4) is 0 Å². The first kappa shape index (κ1) is 10.6. The molecule has 4 rings (SSSR count). The van der Waals surface area contributed by atoms with Gasteiger partial charge in [0.1, 0.15) is 5.82 Å². The number of rotatable bonds is 0. The number of carbonyl (C=O) groups excluding carboxylic acids is 1. The molecular weight excluding hydrogens is 240 g/mol. The zero-order valence-electron chi connectivity index (χ0n) is 10.4. The molecule has 3 heterocycles. The highest BCUT2D eigenvalue weighted by Gasteiger charge is 2.51. The van der Waals surface area contributed by atoms with Crippen LogP contribution in [0.2, 0.25) is 0 Å². The van der Waals surface area contributed by atoms with Gasteiger partial charge in [-0.3, -0.25) is 4.79 Å². The number of hydrogen-bond acceptors (Lipinski definition) is 4. The number of amides is 1. The molecule has 5 nitrogen and oxygen atoms in total. The molecule has 1 atom stereocenters. The van der Waals surface area contributed by atoms with Crippen LogP contribution in [0.25, 0.3) is 0 Å². The lowest BCUT2D eigenvalue weighted by Crippen LogP contribution is -2.33. The number of aromatic nitrogens is 1. The summed E-state index contributed by atoms with van der Waals surface area (Å²) in [5.74, 6) is 0.744. The van der Waals surface area contributed by atoms with E-state index < -0.39 is 5.41 Å². The summed E-state index contributed by atoms with van der Waals surface area (Å²) in [6.45, 7) is 0.663. The normalized spacial score (nSPS) is 27.8. The van der Waals surface area contributed by atoms with Gasteiger partial charge < -0.3 is 16.4 Å². The van der Waals surface area contributed by atoms with Crippen molar-refractivity contribution in [2.24, 2.45) is 5.73 Å². The van der Waals surface area contributed by atoms with Crippen LogP contribution in [0.1, 0.15) is 18.4 Å². The van der Waals surface area contributed by atoms with E-state index in [-0.39, 0.29) is 5.91 Å². The number of nitrogens with zero attached hydrogens (tertiary/aromatic N) is 1. The minimum atomic E-state index is -0.498. The van der Waals surface area contributed by atoms with Gasteiger partial charge in [0.05, 0.1) is 12.0 Å². The van der Waals surface area contributed by atoms with Crippen molar-refractivity contribution in [1.29, 1.82) is 0 Å². The molecule has 19 heavy (non-hydrogen) atoms. The fourth-order valence-electron chi connectivity index (χ4n) is 3.30. The zero-order chi connectivity index (χ0) is 13.0. The Morgan fingerprint density at radius 1 is 1.37 bits per heavy atom. The standard InChI is InChI=1S/C14H14N4O/c15-9-4-8-5-14(6-11(8)17-7-9)10-2-1-3-16-12(10)18-13(14)19/h1-4,17H,5-7,15H2,(H,16,18,19). The molecule has 1 unspecified atom stereocenters. The molecule has 1 aromatic heterocycles. The van der Waals surface area contributed by atoms with Gasteiger partial charge in [0.2, 0.25) is 5.91 Å². The van der Waals surface area contributed by atoms with Gasteiger partial charge in [0.25, 0.3) is 0 Å². The van der Waals surface area contributed by atoms with Crippen molar-refractivity contribution < 1.29 is 4.79 Å². The summed E-state index contributed by atoms with van der Waals surface area (Å²) < 4.78 is 0. The van der Waals surface area contributed by atoms with Gasteiger partial charge in [-0.15, -0.1) is 0 Å². The summed E-state index contributed by atoms with van der Waals surface area (Å²) in [5, 5.41) is 6.21. The van der Waals surface area contributed by atoms with Gasteiger partial charge in [0.15, 0.2) is 0 Å². The van der Waals surface area contributed by atoms with Crippen molar-refractivity contribution in [3.8, 4) is 0 Å². The number of allylic oxidation sites excluding steroid dienone is 3. The molecule has 4 N–H and O–H groups in total. The van der Waals surface area contributed by atoms with Crippen LogP contribution in [0.15, 0.2) is 41.4 Å². The van der Waals surface area contributed by atoms with E-state index in [0.29, 0.717) is 25.2 Å². The predicted molar refractivity (Wildman–Crippen MR) is 71.1 cm³/mol. The second-order valence-corrected chi connectivity index (χ2v) is 5.37. The molecule has 3 aliphatic rings. The fourth-order valence-corrected chi connectivity index (χ4v) is 3.30. The molecule has 96 valence electrons. The first-order chi connectivity index (χ1) is 9.19. The summed E-state index contributed by atoms with van der Waals surface area (Å²) in [6, 6.07) is 3.88. The van der Waals surface area contributed by atoms with E-state index in [9.17, 15) is 4.79 Å². The lowest BCUT2D eigenvalue weighted by atomic mass is 9.79. The number of hydrogen-bond donors (Lipinski definition) is 3. The fraction of sp³-hybridized carbons (Fsp3) is 0.286. The van der Waals surface area contributed by atoms with Gasteiger partial charge in [-0.1, -0.05) is 6.07 Å². The monoisotopic (exact) mass is 254 g/mol. The van der Waals surface area contributed by atoms with Gasteiger partial charge in [0, 0.05) is 29.6 Å². The Hall–Kier alpha value is -2.30. The number of pyridine rings is 1. The van der Waals surface area contributed by atoms with Crippen molar-refractivity contribution in [2.75, 3.05) is 11.9 Å². The van der Waals surface area contributed by atoms with Crippen molar-refractivity contribution in [3.05, 3.63) is 46.9 Å². The largest absolute Gasteiger partial charge is 0.401 e. The summed E-state index contributed by atoms with van der Waals surface area (Å²) in [5.41, 5.74) is 9.47. The molecule has 0 radical (unpaired) electrons. The number of fused-ring (bicyclic) bond motifs is 2. The average Bonchev–Trinajstić information content (AvgIpc) is 2.90. The van der Waals surface area contributed by atoms with Crippen LogP contribution in [0, 0.1) is 0 Å². The van der Waals surface area contributed by atoms with E-state index in [1.54, 1.807) is 6.20 Å². The molecule has 1 spiro atoms. The third kappa shape index (κ3) is 1.30. The maximum absolute atomic E-state index is 12.4. The predicted octanol–water partition coefficient (Wildman–Crippen LogP) is 0.765. The highest BCUT2D eigenvalue weighted by molar-refractivity contribution is 6.06. The van der Waals surface area contributed by atoms with E-state index in [2.05, 4.69) is 15.6 Å². The number of dihydropyridines is 1. The van der Waals surface area contributed by atoms with Gasteiger partial charge in [-0.05, 0) is 24.1 Å². The molecule has 1 amide bonds. The first-order valence-corrected chi connectivity index (χ1v) is 6.38. The maximum atomic E-state index is 12.4. The molecular formula is C14H14N4O. The van der Waals surface area contributed by atoms with Crippen molar-refractivity contribution in [3.63, 3.8) is 0 Å². The number of nitrogens with two attached hydrogens (primary N) is 1. The topological polar surface area (TPSA) is 80.0 Å². The van der Waals surface area contributed by atoms with Crippen molar-refractivity contribution in [1.82, 2.24) is 10.3 Å². The maximum Gasteiger partial charge on any atom is 0.237 e. The minimum absolute atomic E-state index is 0.0457. The number of nitrogens with one attached hydrogen (secondary N) is 2. The Bertz CT molecular complexity index is 661. The molecule has 0 aromatic carbocycles. The Morgan fingerprint density at radius 2 is 2.26 bits per heavy atom. The van der Waals surface area contributed by atoms with Gasteiger partial charge in [-0.25, -0.2) is 4.98 Å². The van der Waals surface area contributed by atoms with E-state index in [4.69, 9.17) is 5.73 Å². The summed E-state index contributed by atoms with van der Waals surface area (Å²) in [7, 11) is 0. The molecule has 2 aliphatic heterocycles. The molecule has 0 saturated carbocycles. The van der Waals surface area contributed by atoms with Crippen LogP contribution in [-0.4, -0.2) is 17.4 Å². The third-order valence-corrected chi connectivity index (χ3v) is 4.21. The molecule has 1 aliphatic carbocycles. The lowest BCUT2D eigenvalue weighted by Gasteiger charge is -2.21. The minimum Gasteiger partial charge on any atom is -0.401 e. The van der Waals surface area contributed by atoms with Crippen LogP contribution < -0.4 is 16.4 Å². The molecule has 0 saturated heterocycles. The summed E-state index contributed by atoms with van der Waals surface area (Å²) in [6.07, 6.45) is 5.11. The van der Waals surface area contributed by atoms with E-state index >= 15 is 0 Å². The molecule has 1 aromatic rings. The highest BCUT2D eigenvalue weighted by Crippen LogP contribution is 2.50. The second-order valence-electron chi connectivity index (χ2n) is 5.37. The van der Waals surface area contributed by atoms with Crippen molar-refractivity contribution in [2.45, 2.75) is 18.3 Å². The van der Waals surface area contributed by atoms with Crippen LogP contribution in [-0.2, 0) is 10.2 Å². The molecule has 5 heteroatoms. The van der Waals surface area contributed by atoms with E-state index in [1.807, 2.05) is 18.2 Å². The SMILES string of the molecule is NC1=CC2=C(CC3(C2)C(=O)Nc2ncccc23)NC1. The Balaban J connectivity index is 1.81. The van der Waals surface area contributed by atoms with E-state index in [1.165, 1.54) is 0 Å². The van der Waals surface area contributed by atoms with Crippen LogP contribution >= 0.6 is 0 Å². The summed E-state index contributed by atoms with van der Waals surface area (Å²) in [4.78, 5) is 16.7. The third-order valence-electron chi connectivity index (χ3n) is 4.21. The number of carbonyl (C=O) groups is 1. The molecule has 0 fully saturated rings. The zero-order valence-corrected chi connectivity index (χ0v) is 10.4. The lowest BCUT2D eigenvalue weighted by molar-refractivity contribution is -0.120. The van der Waals surface area contributed by atoms with Crippen LogP contribution in [0.4, 0.5) is 5.82 Å².